The highest BCUT2D eigenvalue weighted by Gasteiger charge is 2.11. The lowest BCUT2D eigenvalue weighted by Crippen LogP contribution is -2.31. The number of amides is 1. The van der Waals surface area contributed by atoms with Crippen molar-refractivity contribution in [2.24, 2.45) is 0 Å². The Labute approximate surface area is 119 Å². The SMILES string of the molecule is C=CCNC(=O)C(C)SCCOc1ccccc1C. The van der Waals surface area contributed by atoms with Gasteiger partial charge in [-0.05, 0) is 25.5 Å². The molecule has 0 bridgehead atoms. The number of carbonyl (C=O) groups excluding carboxylic acids is 1. The van der Waals surface area contributed by atoms with Crippen LogP contribution in [0.4, 0.5) is 0 Å². The van der Waals surface area contributed by atoms with Crippen LogP contribution in [0.1, 0.15) is 12.5 Å². The fourth-order valence-corrected chi connectivity index (χ4v) is 2.25. The quantitative estimate of drug-likeness (QED) is 0.587. The van der Waals surface area contributed by atoms with Crippen molar-refractivity contribution >= 4 is 17.7 Å². The average Bonchev–Trinajstić information content (AvgIpc) is 2.42. The second kappa shape index (κ2) is 8.64. The van der Waals surface area contributed by atoms with E-state index in [1.807, 2.05) is 38.1 Å². The van der Waals surface area contributed by atoms with Gasteiger partial charge in [0.15, 0.2) is 0 Å². The first-order chi connectivity index (χ1) is 9.15. The number of hydrogen-bond acceptors (Lipinski definition) is 3. The van der Waals surface area contributed by atoms with E-state index < -0.39 is 0 Å². The van der Waals surface area contributed by atoms with E-state index in [1.54, 1.807) is 17.8 Å². The van der Waals surface area contributed by atoms with Crippen LogP contribution >= 0.6 is 11.8 Å². The summed E-state index contributed by atoms with van der Waals surface area (Å²) in [5.41, 5.74) is 1.13. The minimum atomic E-state index is -0.0691. The van der Waals surface area contributed by atoms with Gasteiger partial charge in [0.05, 0.1) is 11.9 Å². The summed E-state index contributed by atoms with van der Waals surface area (Å²) in [4.78, 5) is 11.6. The number of aryl methyl sites for hydroxylation is 1. The van der Waals surface area contributed by atoms with Gasteiger partial charge in [0.1, 0.15) is 5.75 Å². The van der Waals surface area contributed by atoms with Crippen LogP contribution in [0, 0.1) is 6.92 Å². The highest BCUT2D eigenvalue weighted by atomic mass is 32.2. The molecule has 1 atom stereocenters. The Morgan fingerprint density at radius 2 is 2.26 bits per heavy atom. The van der Waals surface area contributed by atoms with E-state index in [0.29, 0.717) is 13.2 Å². The van der Waals surface area contributed by atoms with Crippen molar-refractivity contribution in [1.29, 1.82) is 0 Å². The maximum absolute atomic E-state index is 11.6. The third-order valence-electron chi connectivity index (χ3n) is 2.59. The predicted molar refractivity (Wildman–Crippen MR) is 81.8 cm³/mol. The largest absolute Gasteiger partial charge is 0.492 e. The van der Waals surface area contributed by atoms with Crippen molar-refractivity contribution in [3.63, 3.8) is 0 Å². The van der Waals surface area contributed by atoms with Gasteiger partial charge in [0, 0.05) is 12.3 Å². The molecule has 0 spiro atoms. The number of hydrogen-bond donors (Lipinski definition) is 1. The van der Waals surface area contributed by atoms with Crippen molar-refractivity contribution in [1.82, 2.24) is 5.32 Å². The first-order valence-corrected chi connectivity index (χ1v) is 7.38. The average molecular weight is 279 g/mol. The molecule has 0 aliphatic rings. The Kier molecular flexibility index (Phi) is 7.11. The fourth-order valence-electron chi connectivity index (χ4n) is 1.49. The summed E-state index contributed by atoms with van der Waals surface area (Å²) in [7, 11) is 0. The topological polar surface area (TPSA) is 38.3 Å². The van der Waals surface area contributed by atoms with Crippen LogP contribution < -0.4 is 10.1 Å². The monoisotopic (exact) mass is 279 g/mol. The smallest absolute Gasteiger partial charge is 0.233 e. The number of rotatable bonds is 8. The molecule has 0 saturated carbocycles. The first-order valence-electron chi connectivity index (χ1n) is 6.33. The Hall–Kier alpha value is -1.42. The molecule has 0 aliphatic heterocycles. The molecule has 1 amide bonds. The molecule has 3 nitrogen and oxygen atoms in total. The molecular weight excluding hydrogens is 258 g/mol. The summed E-state index contributed by atoms with van der Waals surface area (Å²) in [6, 6.07) is 7.93. The molecule has 0 aliphatic carbocycles. The van der Waals surface area contributed by atoms with E-state index in [0.717, 1.165) is 17.1 Å². The van der Waals surface area contributed by atoms with E-state index in [1.165, 1.54) is 0 Å². The van der Waals surface area contributed by atoms with E-state index >= 15 is 0 Å². The fraction of sp³-hybridized carbons (Fsp3) is 0.400. The van der Waals surface area contributed by atoms with Gasteiger partial charge in [0.2, 0.25) is 5.91 Å². The van der Waals surface area contributed by atoms with Gasteiger partial charge in [-0.25, -0.2) is 0 Å². The summed E-state index contributed by atoms with van der Waals surface area (Å²) in [5.74, 6) is 1.74. The third kappa shape index (κ3) is 5.83. The Bertz CT molecular complexity index is 420. The van der Waals surface area contributed by atoms with Crippen LogP contribution in [0.25, 0.3) is 0 Å². The van der Waals surface area contributed by atoms with Crippen LogP contribution in [-0.4, -0.2) is 30.1 Å². The van der Waals surface area contributed by atoms with E-state index in [4.69, 9.17) is 4.74 Å². The molecule has 0 aromatic heterocycles. The number of ether oxygens (including phenoxy) is 1. The molecule has 104 valence electrons. The zero-order valence-corrected chi connectivity index (χ0v) is 12.3. The van der Waals surface area contributed by atoms with Crippen LogP contribution in [0.2, 0.25) is 0 Å². The van der Waals surface area contributed by atoms with Crippen LogP contribution in [0.3, 0.4) is 0 Å². The highest BCUT2D eigenvalue weighted by Crippen LogP contribution is 2.17. The second-order valence-corrected chi connectivity index (χ2v) is 5.61. The summed E-state index contributed by atoms with van der Waals surface area (Å²) in [6.07, 6.45) is 1.68. The molecule has 1 N–H and O–H groups in total. The molecular formula is C15H21NO2S. The summed E-state index contributed by atoms with van der Waals surface area (Å²) < 4.78 is 5.68. The van der Waals surface area contributed by atoms with E-state index in [2.05, 4.69) is 11.9 Å². The molecule has 0 saturated heterocycles. The van der Waals surface area contributed by atoms with Crippen LogP contribution in [0.5, 0.6) is 5.75 Å². The molecule has 1 aromatic carbocycles. The summed E-state index contributed by atoms with van der Waals surface area (Å²) in [6.45, 7) is 8.61. The minimum absolute atomic E-state index is 0.0424. The van der Waals surface area contributed by atoms with E-state index in [-0.39, 0.29) is 11.2 Å². The summed E-state index contributed by atoms with van der Waals surface area (Å²) in [5, 5.41) is 2.71. The minimum Gasteiger partial charge on any atom is -0.492 e. The van der Waals surface area contributed by atoms with Gasteiger partial charge in [-0.2, -0.15) is 0 Å². The Morgan fingerprint density at radius 3 is 2.95 bits per heavy atom. The molecule has 0 fully saturated rings. The number of benzene rings is 1. The van der Waals surface area contributed by atoms with Gasteiger partial charge < -0.3 is 10.1 Å². The number of thioether (sulfide) groups is 1. The van der Waals surface area contributed by atoms with Crippen LogP contribution in [0.15, 0.2) is 36.9 Å². The molecule has 19 heavy (non-hydrogen) atoms. The number of carbonyl (C=O) groups is 1. The van der Waals surface area contributed by atoms with Gasteiger partial charge in [-0.15, -0.1) is 18.3 Å². The molecule has 1 aromatic rings. The molecule has 4 heteroatoms. The van der Waals surface area contributed by atoms with Crippen molar-refractivity contribution in [2.75, 3.05) is 18.9 Å². The van der Waals surface area contributed by atoms with E-state index in [9.17, 15) is 4.79 Å². The lowest BCUT2D eigenvalue weighted by Gasteiger charge is -2.12. The highest BCUT2D eigenvalue weighted by molar-refractivity contribution is 8.00. The predicted octanol–water partition coefficient (Wildman–Crippen LogP) is 2.80. The van der Waals surface area contributed by atoms with Gasteiger partial charge in [0.25, 0.3) is 0 Å². The molecule has 1 rings (SSSR count). The van der Waals surface area contributed by atoms with Crippen molar-refractivity contribution in [3.05, 3.63) is 42.5 Å². The lowest BCUT2D eigenvalue weighted by molar-refractivity contribution is -0.120. The zero-order valence-electron chi connectivity index (χ0n) is 11.5. The lowest BCUT2D eigenvalue weighted by atomic mass is 10.2. The van der Waals surface area contributed by atoms with Gasteiger partial charge >= 0.3 is 0 Å². The van der Waals surface area contributed by atoms with Crippen molar-refractivity contribution in [3.8, 4) is 5.75 Å². The maximum atomic E-state index is 11.6. The second-order valence-electron chi connectivity index (χ2n) is 4.16. The molecule has 1 unspecified atom stereocenters. The molecule has 0 heterocycles. The van der Waals surface area contributed by atoms with Crippen molar-refractivity contribution < 1.29 is 9.53 Å². The normalized spacial score (nSPS) is 11.7. The Balaban J connectivity index is 2.22. The third-order valence-corrected chi connectivity index (χ3v) is 3.71. The molecule has 0 radical (unpaired) electrons. The maximum Gasteiger partial charge on any atom is 0.233 e. The zero-order chi connectivity index (χ0) is 14.1. The Morgan fingerprint density at radius 1 is 1.53 bits per heavy atom. The number of para-hydroxylation sites is 1. The van der Waals surface area contributed by atoms with Gasteiger partial charge in [-0.3, -0.25) is 4.79 Å². The van der Waals surface area contributed by atoms with Gasteiger partial charge in [-0.1, -0.05) is 24.3 Å². The van der Waals surface area contributed by atoms with Crippen LogP contribution in [-0.2, 0) is 4.79 Å². The number of nitrogens with one attached hydrogen (secondary N) is 1. The van der Waals surface area contributed by atoms with Crippen molar-refractivity contribution in [2.45, 2.75) is 19.1 Å². The first kappa shape index (κ1) is 15.6. The summed E-state index contributed by atoms with van der Waals surface area (Å²) >= 11 is 1.59. The standard InChI is InChI=1S/C15H21NO2S/c1-4-9-16-15(17)13(3)19-11-10-18-14-8-6-5-7-12(14)2/h4-8,13H,1,9-11H2,2-3H3,(H,16,17).